The van der Waals surface area contributed by atoms with Gasteiger partial charge in [-0.1, -0.05) is 11.3 Å². The lowest BCUT2D eigenvalue weighted by molar-refractivity contribution is -0.385. The molecule has 3 N–H and O–H groups in total. The normalized spacial score (nSPS) is 10.9. The van der Waals surface area contributed by atoms with Crippen molar-refractivity contribution in [1.29, 1.82) is 0 Å². The van der Waals surface area contributed by atoms with E-state index < -0.39 is 22.5 Å². The fourth-order valence-corrected chi connectivity index (χ4v) is 2.72. The molecule has 0 bridgehead atoms. The molecule has 0 aliphatic carbocycles. The van der Waals surface area contributed by atoms with Gasteiger partial charge in [-0.25, -0.2) is 14.5 Å². The van der Waals surface area contributed by atoms with Gasteiger partial charge in [0.15, 0.2) is 16.9 Å². The van der Waals surface area contributed by atoms with Gasteiger partial charge in [0, 0.05) is 6.07 Å². The largest absolute Gasteiger partial charge is 0.511 e. The molecule has 29 heavy (non-hydrogen) atoms. The third-order valence-electron chi connectivity index (χ3n) is 3.89. The molecule has 0 unspecified atom stereocenters. The number of carboxylic acid groups (broad SMARTS) is 1. The van der Waals surface area contributed by atoms with E-state index >= 15 is 0 Å². The number of anilines is 1. The molecule has 13 heteroatoms. The van der Waals surface area contributed by atoms with Crippen molar-refractivity contribution in [3.05, 3.63) is 52.3 Å². The zero-order valence-electron chi connectivity index (χ0n) is 14.4. The number of nitrogens with zero attached hydrogens (tertiary/aromatic N) is 6. The van der Waals surface area contributed by atoms with Gasteiger partial charge in [-0.3, -0.25) is 10.1 Å². The second-order valence-corrected chi connectivity index (χ2v) is 5.75. The summed E-state index contributed by atoms with van der Waals surface area (Å²) < 4.78 is 11.2. The number of rotatable bonds is 5. The smallest absolute Gasteiger partial charge is 0.463 e. The average molecular weight is 397 g/mol. The number of fused-ring (bicyclic) bond motifs is 1. The second-order valence-electron chi connectivity index (χ2n) is 5.75. The van der Waals surface area contributed by atoms with Gasteiger partial charge >= 0.3 is 11.8 Å². The number of nitrogen functional groups attached to an aromatic ring is 1. The molecule has 0 amide bonds. The first-order valence-electron chi connectivity index (χ1n) is 8.01. The van der Waals surface area contributed by atoms with Crippen LogP contribution >= 0.6 is 0 Å². The maximum absolute atomic E-state index is 11.1. The number of hydrogen-bond donors (Lipinski definition) is 2. The number of nitro groups is 1. The molecule has 0 saturated carbocycles. The van der Waals surface area contributed by atoms with E-state index in [0.717, 1.165) is 6.07 Å². The first-order valence-corrected chi connectivity index (χ1v) is 8.01. The minimum atomic E-state index is -1.67. The molecule has 4 rings (SSSR count). The van der Waals surface area contributed by atoms with Gasteiger partial charge in [0.2, 0.25) is 11.7 Å². The van der Waals surface area contributed by atoms with E-state index in [9.17, 15) is 14.9 Å². The Hall–Kier alpha value is -4.55. The summed E-state index contributed by atoms with van der Waals surface area (Å²) in [6, 6.07) is 7.19. The maximum atomic E-state index is 11.1. The van der Waals surface area contributed by atoms with Crippen molar-refractivity contribution in [3.63, 3.8) is 0 Å². The van der Waals surface area contributed by atoms with E-state index in [1.165, 1.54) is 23.1 Å². The predicted molar refractivity (Wildman–Crippen MR) is 96.1 cm³/mol. The van der Waals surface area contributed by atoms with Crippen LogP contribution in [0.25, 0.3) is 22.6 Å². The summed E-state index contributed by atoms with van der Waals surface area (Å²) >= 11 is 0. The monoisotopic (exact) mass is 397 g/mol. The Morgan fingerprint density at radius 1 is 1.34 bits per heavy atom. The van der Waals surface area contributed by atoms with Crippen molar-refractivity contribution in [2.45, 2.75) is 6.54 Å². The van der Waals surface area contributed by atoms with E-state index in [-0.39, 0.29) is 12.5 Å². The van der Waals surface area contributed by atoms with Gasteiger partial charge in [0.25, 0.3) is 0 Å². The SMILES string of the molecule is Nc1nc(-c2ccco2)c2nnn(Cc3ccc([N+](=O)[O-])c(OC(=O)O)c3)c2n1. The van der Waals surface area contributed by atoms with Gasteiger partial charge in [0.1, 0.15) is 5.69 Å². The molecule has 0 aliphatic rings. The molecule has 0 radical (unpaired) electrons. The number of ether oxygens (including phenoxy) is 1. The minimum absolute atomic E-state index is 0.0222. The Balaban J connectivity index is 1.75. The third-order valence-corrected chi connectivity index (χ3v) is 3.89. The van der Waals surface area contributed by atoms with Gasteiger partial charge in [-0.15, -0.1) is 5.10 Å². The molecule has 0 saturated heterocycles. The summed E-state index contributed by atoms with van der Waals surface area (Å²) in [4.78, 5) is 29.4. The van der Waals surface area contributed by atoms with Crippen LogP contribution in [-0.4, -0.2) is 41.1 Å². The number of nitro benzene ring substituents is 1. The topological polar surface area (TPSA) is 185 Å². The fraction of sp³-hybridized carbons (Fsp3) is 0.0625. The molecule has 1 aromatic carbocycles. The lowest BCUT2D eigenvalue weighted by Gasteiger charge is -2.06. The number of carbonyl (C=O) groups is 1. The molecule has 3 heterocycles. The van der Waals surface area contributed by atoms with Crippen molar-refractivity contribution in [1.82, 2.24) is 25.0 Å². The van der Waals surface area contributed by atoms with E-state index in [4.69, 9.17) is 15.3 Å². The highest BCUT2D eigenvalue weighted by molar-refractivity contribution is 5.85. The van der Waals surface area contributed by atoms with Crippen molar-refractivity contribution in [2.24, 2.45) is 0 Å². The summed E-state index contributed by atoms with van der Waals surface area (Å²) in [5.74, 6) is 0.00418. The fourth-order valence-electron chi connectivity index (χ4n) is 2.72. The Kier molecular flexibility index (Phi) is 4.23. The van der Waals surface area contributed by atoms with Crippen molar-refractivity contribution in [2.75, 3.05) is 5.73 Å². The first kappa shape index (κ1) is 17.8. The standard InChI is InChI=1S/C16H11N7O6/c17-15-18-12(10-2-1-5-28-10)13-14(19-15)22(21-20-13)7-8-3-4-9(23(26)27)11(6-8)29-16(24)25/h1-6H,7H2,(H,24,25)(H2,17,18,19). The highest BCUT2D eigenvalue weighted by Gasteiger charge is 2.20. The van der Waals surface area contributed by atoms with E-state index in [1.54, 1.807) is 12.1 Å². The van der Waals surface area contributed by atoms with Gasteiger partial charge in [0.05, 0.1) is 17.7 Å². The van der Waals surface area contributed by atoms with E-state index in [1.807, 2.05) is 0 Å². The van der Waals surface area contributed by atoms with Crippen molar-refractivity contribution in [3.8, 4) is 17.2 Å². The van der Waals surface area contributed by atoms with Crippen LogP contribution in [0.5, 0.6) is 5.75 Å². The molecular weight excluding hydrogens is 386 g/mol. The molecule has 146 valence electrons. The summed E-state index contributed by atoms with van der Waals surface area (Å²) in [6.45, 7) is 0.0680. The zero-order chi connectivity index (χ0) is 20.5. The van der Waals surface area contributed by atoms with Crippen LogP contribution < -0.4 is 10.5 Å². The van der Waals surface area contributed by atoms with Gasteiger partial charge < -0.3 is 20.0 Å². The number of hydrogen-bond acceptors (Lipinski definition) is 10. The highest BCUT2D eigenvalue weighted by Crippen LogP contribution is 2.29. The Labute approximate surface area is 160 Å². The van der Waals surface area contributed by atoms with Crippen LogP contribution in [0.15, 0.2) is 41.0 Å². The molecule has 4 aromatic rings. The molecule has 0 atom stereocenters. The van der Waals surface area contributed by atoms with Gasteiger partial charge in [-0.05, 0) is 23.8 Å². The third kappa shape index (κ3) is 3.39. The number of furan rings is 1. The molecule has 0 aliphatic heterocycles. The zero-order valence-corrected chi connectivity index (χ0v) is 14.4. The Bertz CT molecular complexity index is 1230. The van der Waals surface area contributed by atoms with Crippen LogP contribution in [0.1, 0.15) is 5.56 Å². The predicted octanol–water partition coefficient (Wildman–Crippen LogP) is 2.08. The van der Waals surface area contributed by atoms with Crippen LogP contribution in [-0.2, 0) is 6.54 Å². The van der Waals surface area contributed by atoms with Crippen LogP contribution in [0.3, 0.4) is 0 Å². The number of benzene rings is 1. The summed E-state index contributed by atoms with van der Waals surface area (Å²) in [5.41, 5.74) is 6.80. The van der Waals surface area contributed by atoms with Crippen LogP contribution in [0.4, 0.5) is 16.4 Å². The van der Waals surface area contributed by atoms with Crippen molar-refractivity contribution >= 4 is 29.0 Å². The second kappa shape index (κ2) is 6.88. The number of aromatic nitrogens is 5. The molecule has 13 nitrogen and oxygen atoms in total. The lowest BCUT2D eigenvalue weighted by Crippen LogP contribution is -2.08. The minimum Gasteiger partial charge on any atom is -0.463 e. The Morgan fingerprint density at radius 2 is 2.17 bits per heavy atom. The molecule has 3 aromatic heterocycles. The quantitative estimate of drug-likeness (QED) is 0.217. The van der Waals surface area contributed by atoms with Crippen LogP contribution in [0, 0.1) is 10.1 Å². The Morgan fingerprint density at radius 3 is 2.86 bits per heavy atom. The van der Waals surface area contributed by atoms with E-state index in [0.29, 0.717) is 28.2 Å². The highest BCUT2D eigenvalue weighted by atomic mass is 16.7. The molecular formula is C16H11N7O6. The van der Waals surface area contributed by atoms with E-state index in [2.05, 4.69) is 25.0 Å². The average Bonchev–Trinajstić information content (AvgIpc) is 3.31. The van der Waals surface area contributed by atoms with Crippen LogP contribution in [0.2, 0.25) is 0 Å². The van der Waals surface area contributed by atoms with Gasteiger partial charge in [-0.2, -0.15) is 4.98 Å². The summed E-state index contributed by atoms with van der Waals surface area (Å²) in [6.07, 6.45) is -0.190. The first-order chi connectivity index (χ1) is 13.9. The molecule has 0 fully saturated rings. The molecule has 0 spiro atoms. The lowest BCUT2D eigenvalue weighted by atomic mass is 10.2. The summed E-state index contributed by atoms with van der Waals surface area (Å²) in [5, 5.41) is 28.0. The maximum Gasteiger partial charge on any atom is 0.511 e. The van der Waals surface area contributed by atoms with Crippen molar-refractivity contribution < 1.29 is 24.0 Å². The summed E-state index contributed by atoms with van der Waals surface area (Å²) in [7, 11) is 0. The number of nitrogens with two attached hydrogens (primary N) is 1.